The van der Waals surface area contributed by atoms with Crippen LogP contribution in [0.25, 0.3) is 0 Å². The minimum atomic E-state index is -3.53. The number of nitrogens with zero attached hydrogens (tertiary/aromatic N) is 1. The maximum absolute atomic E-state index is 12.4. The fourth-order valence-corrected chi connectivity index (χ4v) is 7.49. The molecule has 1 aromatic rings. The van der Waals surface area contributed by atoms with E-state index in [2.05, 4.69) is 24.4 Å². The predicted octanol–water partition coefficient (Wildman–Crippen LogP) is 4.23. The van der Waals surface area contributed by atoms with Crippen LogP contribution in [0.2, 0.25) is 0 Å². The van der Waals surface area contributed by atoms with Gasteiger partial charge in [-0.2, -0.15) is 0 Å². The Balaban J connectivity index is 1.47. The summed E-state index contributed by atoms with van der Waals surface area (Å²) in [6, 6.07) is 8.05. The molecule has 1 N–H and O–H groups in total. The topological polar surface area (TPSA) is 66.5 Å². The molecule has 4 bridgehead atoms. The van der Waals surface area contributed by atoms with Crippen LogP contribution in [-0.2, 0) is 20.2 Å². The zero-order valence-electron chi connectivity index (χ0n) is 18.4. The van der Waals surface area contributed by atoms with E-state index in [4.69, 9.17) is 0 Å². The van der Waals surface area contributed by atoms with Crippen LogP contribution in [0.15, 0.2) is 24.3 Å². The van der Waals surface area contributed by atoms with Crippen molar-refractivity contribution < 1.29 is 13.2 Å². The van der Waals surface area contributed by atoms with Crippen LogP contribution in [0.3, 0.4) is 0 Å². The molecule has 0 heterocycles. The summed E-state index contributed by atoms with van der Waals surface area (Å²) in [6.07, 6.45) is 12.3. The summed E-state index contributed by atoms with van der Waals surface area (Å²) < 4.78 is 26.0. The lowest BCUT2D eigenvalue weighted by Gasteiger charge is -2.57. The highest BCUT2D eigenvalue weighted by Crippen LogP contribution is 2.60. The fourth-order valence-electron chi connectivity index (χ4n) is 6.63. The second-order valence-electron chi connectivity index (χ2n) is 10.1. The molecule has 5 nitrogen and oxygen atoms in total. The third kappa shape index (κ3) is 4.53. The molecule has 0 aliphatic heterocycles. The van der Waals surface area contributed by atoms with Gasteiger partial charge in [-0.15, -0.1) is 0 Å². The van der Waals surface area contributed by atoms with Crippen molar-refractivity contribution in [2.45, 2.75) is 70.1 Å². The average molecular weight is 433 g/mol. The molecule has 0 radical (unpaired) electrons. The Morgan fingerprint density at radius 2 is 1.60 bits per heavy atom. The molecule has 0 unspecified atom stereocenters. The molecule has 1 amide bonds. The number of hydrogen-bond acceptors (Lipinski definition) is 3. The molecule has 4 aliphatic rings. The van der Waals surface area contributed by atoms with Gasteiger partial charge in [0.1, 0.15) is 6.54 Å². The van der Waals surface area contributed by atoms with Crippen LogP contribution in [-0.4, -0.2) is 33.7 Å². The molecule has 0 saturated heterocycles. The van der Waals surface area contributed by atoms with Gasteiger partial charge in [-0.1, -0.05) is 31.9 Å². The smallest absolute Gasteiger partial charge is 0.240 e. The summed E-state index contributed by atoms with van der Waals surface area (Å²) in [5.74, 6) is 2.38. The SMILES string of the molecule is CCCCCNC(=O)CN(c1ccc(C23CC4CC(CC(C4)C2)C3)cc1)S(C)(=O)=O. The van der Waals surface area contributed by atoms with Crippen molar-refractivity contribution in [1.82, 2.24) is 5.32 Å². The number of rotatable bonds is 9. The molecule has 1 aromatic carbocycles. The van der Waals surface area contributed by atoms with E-state index < -0.39 is 10.0 Å². The van der Waals surface area contributed by atoms with Gasteiger partial charge >= 0.3 is 0 Å². The van der Waals surface area contributed by atoms with E-state index in [1.807, 2.05) is 12.1 Å². The summed E-state index contributed by atoms with van der Waals surface area (Å²) in [5.41, 5.74) is 2.23. The number of hydrogen-bond donors (Lipinski definition) is 1. The van der Waals surface area contributed by atoms with Crippen LogP contribution in [0.5, 0.6) is 0 Å². The van der Waals surface area contributed by atoms with Gasteiger partial charge in [0, 0.05) is 6.54 Å². The predicted molar refractivity (Wildman–Crippen MR) is 121 cm³/mol. The highest BCUT2D eigenvalue weighted by Gasteiger charge is 2.51. The Labute approximate surface area is 181 Å². The van der Waals surface area contributed by atoms with Crippen molar-refractivity contribution in [3.05, 3.63) is 29.8 Å². The summed E-state index contributed by atoms with van der Waals surface area (Å²) >= 11 is 0. The summed E-state index contributed by atoms with van der Waals surface area (Å²) in [7, 11) is -3.53. The number of carbonyl (C=O) groups is 1. The van der Waals surface area contributed by atoms with Gasteiger partial charge in [0.2, 0.25) is 15.9 Å². The van der Waals surface area contributed by atoms with Gasteiger partial charge in [-0.05, 0) is 85.8 Å². The summed E-state index contributed by atoms with van der Waals surface area (Å²) in [4.78, 5) is 12.3. The number of anilines is 1. The summed E-state index contributed by atoms with van der Waals surface area (Å²) in [6.45, 7) is 2.54. The molecular weight excluding hydrogens is 396 g/mol. The van der Waals surface area contributed by atoms with E-state index in [9.17, 15) is 13.2 Å². The molecular formula is C24H36N2O3S. The third-order valence-corrected chi connectivity index (χ3v) is 8.74. The van der Waals surface area contributed by atoms with Crippen molar-refractivity contribution in [2.75, 3.05) is 23.7 Å². The minimum Gasteiger partial charge on any atom is -0.355 e. The van der Waals surface area contributed by atoms with E-state index in [0.717, 1.165) is 37.0 Å². The normalized spacial score (nSPS) is 29.7. The van der Waals surface area contributed by atoms with Crippen molar-refractivity contribution in [2.24, 2.45) is 17.8 Å². The number of carbonyl (C=O) groups excluding carboxylic acids is 1. The number of nitrogens with one attached hydrogen (secondary N) is 1. The molecule has 4 fully saturated rings. The Kier molecular flexibility index (Phi) is 6.16. The van der Waals surface area contributed by atoms with E-state index >= 15 is 0 Å². The van der Waals surface area contributed by atoms with Crippen LogP contribution < -0.4 is 9.62 Å². The van der Waals surface area contributed by atoms with Gasteiger partial charge < -0.3 is 5.32 Å². The quantitative estimate of drug-likeness (QED) is 0.594. The first kappa shape index (κ1) is 21.7. The van der Waals surface area contributed by atoms with Crippen LogP contribution in [0, 0.1) is 17.8 Å². The number of benzene rings is 1. The molecule has 4 saturated carbocycles. The Morgan fingerprint density at radius 3 is 2.10 bits per heavy atom. The zero-order valence-corrected chi connectivity index (χ0v) is 19.2. The van der Waals surface area contributed by atoms with Crippen LogP contribution >= 0.6 is 0 Å². The van der Waals surface area contributed by atoms with Crippen molar-refractivity contribution >= 4 is 21.6 Å². The van der Waals surface area contributed by atoms with Crippen LogP contribution in [0.1, 0.15) is 70.3 Å². The maximum atomic E-state index is 12.4. The lowest BCUT2D eigenvalue weighted by atomic mass is 9.48. The van der Waals surface area contributed by atoms with E-state index in [1.54, 1.807) is 0 Å². The highest BCUT2D eigenvalue weighted by atomic mass is 32.2. The number of sulfonamides is 1. The fraction of sp³-hybridized carbons (Fsp3) is 0.708. The van der Waals surface area contributed by atoms with Crippen molar-refractivity contribution in [3.8, 4) is 0 Å². The molecule has 4 aliphatic carbocycles. The van der Waals surface area contributed by atoms with Gasteiger partial charge in [-0.25, -0.2) is 8.42 Å². The first-order valence-corrected chi connectivity index (χ1v) is 13.5. The second kappa shape index (κ2) is 8.52. The Hall–Kier alpha value is -1.56. The zero-order chi connectivity index (χ0) is 21.4. The lowest BCUT2D eigenvalue weighted by molar-refractivity contribution is -0.119. The lowest BCUT2D eigenvalue weighted by Crippen LogP contribution is -2.48. The summed E-state index contributed by atoms with van der Waals surface area (Å²) in [5, 5.41) is 2.85. The molecule has 166 valence electrons. The second-order valence-corrected chi connectivity index (χ2v) is 12.0. The van der Waals surface area contributed by atoms with Gasteiger partial charge in [0.05, 0.1) is 11.9 Å². The number of amides is 1. The highest BCUT2D eigenvalue weighted by molar-refractivity contribution is 7.92. The first-order chi connectivity index (χ1) is 14.3. The standard InChI is InChI=1S/C24H36N2O3S/c1-3-4-5-10-25-23(27)17-26(30(2,28)29)22-8-6-21(7-9-22)24-14-18-11-19(15-24)13-20(12-18)16-24/h6-9,18-20H,3-5,10-17H2,1-2H3,(H,25,27). The van der Waals surface area contributed by atoms with Crippen molar-refractivity contribution in [3.63, 3.8) is 0 Å². The number of unbranched alkanes of at least 4 members (excludes halogenated alkanes) is 2. The Bertz CT molecular complexity index is 828. The first-order valence-electron chi connectivity index (χ1n) is 11.6. The molecule has 6 heteroatoms. The average Bonchev–Trinajstić information content (AvgIpc) is 2.68. The van der Waals surface area contributed by atoms with Crippen LogP contribution in [0.4, 0.5) is 5.69 Å². The molecule has 5 rings (SSSR count). The molecule has 30 heavy (non-hydrogen) atoms. The Morgan fingerprint density at radius 1 is 1.03 bits per heavy atom. The minimum absolute atomic E-state index is 0.165. The van der Waals surface area contributed by atoms with Gasteiger partial charge in [-0.3, -0.25) is 9.10 Å². The van der Waals surface area contributed by atoms with Gasteiger partial charge in [0.25, 0.3) is 0 Å². The van der Waals surface area contributed by atoms with E-state index in [1.165, 1.54) is 54.6 Å². The molecule has 0 atom stereocenters. The molecule has 0 aromatic heterocycles. The third-order valence-electron chi connectivity index (χ3n) is 7.60. The van der Waals surface area contributed by atoms with E-state index in [0.29, 0.717) is 17.6 Å². The molecule has 0 spiro atoms. The largest absolute Gasteiger partial charge is 0.355 e. The van der Waals surface area contributed by atoms with Gasteiger partial charge in [0.15, 0.2) is 0 Å². The van der Waals surface area contributed by atoms with E-state index in [-0.39, 0.29) is 12.5 Å². The monoisotopic (exact) mass is 432 g/mol. The van der Waals surface area contributed by atoms with Crippen molar-refractivity contribution in [1.29, 1.82) is 0 Å². The maximum Gasteiger partial charge on any atom is 0.240 e.